The molecule has 1 fully saturated rings. The van der Waals surface area contributed by atoms with E-state index < -0.39 is 4.92 Å². The van der Waals surface area contributed by atoms with Gasteiger partial charge in [-0.05, 0) is 33.6 Å². The molecule has 1 aliphatic heterocycles. The molecule has 112 valence electrons. The monoisotopic (exact) mass is 282 g/mol. The highest BCUT2D eigenvalue weighted by molar-refractivity contribution is 5.38. The summed E-state index contributed by atoms with van der Waals surface area (Å²) >= 11 is 0. The van der Waals surface area contributed by atoms with Crippen molar-refractivity contribution >= 4 is 5.69 Å². The molecule has 2 rings (SSSR count). The Labute approximate surface area is 118 Å². The van der Waals surface area contributed by atoms with Crippen molar-refractivity contribution in [2.75, 3.05) is 20.2 Å². The van der Waals surface area contributed by atoms with Gasteiger partial charge in [-0.25, -0.2) is 0 Å². The lowest BCUT2D eigenvalue weighted by molar-refractivity contribution is -0.385. The lowest BCUT2D eigenvalue weighted by atomic mass is 9.98. The number of hydrogen-bond acceptors (Lipinski definition) is 5. The number of nitrogens with zero attached hydrogens (tertiary/aromatic N) is 4. The summed E-state index contributed by atoms with van der Waals surface area (Å²) in [5.74, 6) is 0.0910. The van der Waals surface area contributed by atoms with Gasteiger partial charge in [-0.2, -0.15) is 0 Å². The Balaban J connectivity index is 2.09. The van der Waals surface area contributed by atoms with Gasteiger partial charge in [0, 0.05) is 18.6 Å². The highest BCUT2D eigenvalue weighted by Gasteiger charge is 2.30. The molecule has 0 amide bonds. The maximum Gasteiger partial charge on any atom is 0.350 e. The van der Waals surface area contributed by atoms with Crippen LogP contribution in [0.3, 0.4) is 0 Å². The van der Waals surface area contributed by atoms with E-state index in [4.69, 9.17) is 4.74 Å². The molecular weight excluding hydrogens is 260 g/mol. The molecule has 1 aromatic rings. The summed E-state index contributed by atoms with van der Waals surface area (Å²) in [6.07, 6.45) is 3.37. The van der Waals surface area contributed by atoms with Crippen LogP contribution >= 0.6 is 0 Å². The fourth-order valence-corrected chi connectivity index (χ4v) is 2.62. The Hall–Kier alpha value is -1.63. The summed E-state index contributed by atoms with van der Waals surface area (Å²) in [6, 6.07) is 0.205. The highest BCUT2D eigenvalue weighted by atomic mass is 16.6. The topological polar surface area (TPSA) is 73.4 Å². The van der Waals surface area contributed by atoms with Gasteiger partial charge in [0.15, 0.2) is 0 Å². The third-order valence-electron chi connectivity index (χ3n) is 3.86. The molecular formula is C13H22N4O3. The van der Waals surface area contributed by atoms with Gasteiger partial charge >= 0.3 is 11.6 Å². The van der Waals surface area contributed by atoms with Gasteiger partial charge in [0.2, 0.25) is 0 Å². The van der Waals surface area contributed by atoms with E-state index in [1.807, 2.05) is 0 Å². The third kappa shape index (κ3) is 2.92. The van der Waals surface area contributed by atoms with Crippen LogP contribution < -0.4 is 4.74 Å². The number of nitro groups is 1. The number of methoxy groups -OCH3 is 1. The first kappa shape index (κ1) is 14.8. The summed E-state index contributed by atoms with van der Waals surface area (Å²) in [5, 5.41) is 15.1. The number of hydrogen-bond donors (Lipinski definition) is 0. The molecule has 0 atom stereocenters. The first-order valence-corrected chi connectivity index (χ1v) is 6.85. The van der Waals surface area contributed by atoms with Crippen molar-refractivity contribution in [1.82, 2.24) is 14.7 Å². The van der Waals surface area contributed by atoms with Crippen molar-refractivity contribution in [2.24, 2.45) is 0 Å². The van der Waals surface area contributed by atoms with Gasteiger partial charge in [0.1, 0.15) is 6.20 Å². The molecule has 7 nitrogen and oxygen atoms in total. The zero-order valence-corrected chi connectivity index (χ0v) is 12.5. The van der Waals surface area contributed by atoms with E-state index in [1.54, 1.807) is 4.68 Å². The van der Waals surface area contributed by atoms with E-state index in [0.717, 1.165) is 25.9 Å². The fourth-order valence-electron chi connectivity index (χ4n) is 2.62. The molecule has 0 N–H and O–H groups in total. The van der Waals surface area contributed by atoms with Gasteiger partial charge in [0.25, 0.3) is 0 Å². The van der Waals surface area contributed by atoms with Gasteiger partial charge in [-0.3, -0.25) is 19.7 Å². The van der Waals surface area contributed by atoms with E-state index in [2.05, 4.69) is 30.8 Å². The molecule has 0 aliphatic carbocycles. The Kier molecular flexibility index (Phi) is 3.99. The zero-order chi connectivity index (χ0) is 14.9. The molecule has 0 radical (unpaired) electrons. The van der Waals surface area contributed by atoms with Crippen LogP contribution in [0, 0.1) is 10.1 Å². The van der Waals surface area contributed by atoms with Crippen LogP contribution in [-0.4, -0.2) is 45.3 Å². The number of piperidine rings is 1. The first-order chi connectivity index (χ1) is 9.32. The summed E-state index contributed by atoms with van der Waals surface area (Å²) in [5.41, 5.74) is 0.101. The van der Waals surface area contributed by atoms with Crippen molar-refractivity contribution in [3.63, 3.8) is 0 Å². The molecule has 1 aromatic heterocycles. The molecule has 1 aliphatic rings. The predicted molar refractivity (Wildman–Crippen MR) is 75.0 cm³/mol. The minimum absolute atomic E-state index is 0.0641. The summed E-state index contributed by atoms with van der Waals surface area (Å²) in [4.78, 5) is 12.9. The first-order valence-electron chi connectivity index (χ1n) is 6.85. The highest BCUT2D eigenvalue weighted by Crippen LogP contribution is 2.31. The molecule has 7 heteroatoms. The van der Waals surface area contributed by atoms with Crippen molar-refractivity contribution in [3.05, 3.63) is 16.3 Å². The van der Waals surface area contributed by atoms with Crippen LogP contribution in [0.2, 0.25) is 0 Å². The second-order valence-corrected chi connectivity index (χ2v) is 6.15. The Morgan fingerprint density at radius 2 is 2.00 bits per heavy atom. The second-order valence-electron chi connectivity index (χ2n) is 6.15. The van der Waals surface area contributed by atoms with Crippen LogP contribution in [0.5, 0.6) is 5.88 Å². The molecule has 20 heavy (non-hydrogen) atoms. The number of rotatable bonds is 3. The maximum atomic E-state index is 10.9. The van der Waals surface area contributed by atoms with E-state index in [0.29, 0.717) is 0 Å². The lowest BCUT2D eigenvalue weighted by Crippen LogP contribution is -2.46. The van der Waals surface area contributed by atoms with Crippen LogP contribution in [0.4, 0.5) is 5.69 Å². The van der Waals surface area contributed by atoms with Crippen molar-refractivity contribution in [2.45, 2.75) is 45.2 Å². The Bertz CT molecular complexity index is 484. The van der Waals surface area contributed by atoms with Crippen molar-refractivity contribution < 1.29 is 9.66 Å². The largest absolute Gasteiger partial charge is 0.475 e. The van der Waals surface area contributed by atoms with E-state index in [-0.39, 0.29) is 23.1 Å². The summed E-state index contributed by atoms with van der Waals surface area (Å²) < 4.78 is 6.66. The number of ether oxygens (including phenoxy) is 1. The average molecular weight is 282 g/mol. The van der Waals surface area contributed by atoms with Gasteiger partial charge < -0.3 is 4.74 Å². The number of likely N-dealkylation sites (tertiary alicyclic amines) is 1. The molecule has 0 bridgehead atoms. The molecule has 0 unspecified atom stereocenters. The average Bonchev–Trinajstić information content (AvgIpc) is 2.82. The molecule has 0 saturated carbocycles. The fraction of sp³-hybridized carbons (Fsp3) is 0.769. The molecule has 2 heterocycles. The minimum atomic E-state index is -0.452. The SMILES string of the molecule is COc1nn(C2CCN(C(C)(C)C)CC2)cc1[N+](=O)[O-]. The van der Waals surface area contributed by atoms with Crippen LogP contribution in [0.1, 0.15) is 39.7 Å². The quantitative estimate of drug-likeness (QED) is 0.628. The van der Waals surface area contributed by atoms with Gasteiger partial charge in [-0.15, -0.1) is 5.10 Å². The van der Waals surface area contributed by atoms with Crippen LogP contribution in [0.25, 0.3) is 0 Å². The normalized spacial score (nSPS) is 18.2. The van der Waals surface area contributed by atoms with E-state index in [1.165, 1.54) is 13.3 Å². The van der Waals surface area contributed by atoms with Crippen molar-refractivity contribution in [3.8, 4) is 5.88 Å². The van der Waals surface area contributed by atoms with Gasteiger partial charge in [-0.1, -0.05) is 0 Å². The lowest BCUT2D eigenvalue weighted by Gasteiger charge is -2.40. The van der Waals surface area contributed by atoms with E-state index in [9.17, 15) is 10.1 Å². The second kappa shape index (κ2) is 5.40. The zero-order valence-electron chi connectivity index (χ0n) is 12.5. The number of aromatic nitrogens is 2. The molecule has 0 aromatic carbocycles. The summed E-state index contributed by atoms with van der Waals surface area (Å²) in [6.45, 7) is 8.56. The minimum Gasteiger partial charge on any atom is -0.475 e. The van der Waals surface area contributed by atoms with Crippen LogP contribution in [-0.2, 0) is 0 Å². The van der Waals surface area contributed by atoms with Gasteiger partial charge in [0.05, 0.1) is 18.1 Å². The van der Waals surface area contributed by atoms with E-state index >= 15 is 0 Å². The third-order valence-corrected chi connectivity index (χ3v) is 3.86. The Morgan fingerprint density at radius 3 is 2.40 bits per heavy atom. The molecule has 1 saturated heterocycles. The van der Waals surface area contributed by atoms with Crippen LogP contribution in [0.15, 0.2) is 6.20 Å². The Morgan fingerprint density at radius 1 is 1.40 bits per heavy atom. The molecule has 0 spiro atoms. The van der Waals surface area contributed by atoms with Crippen molar-refractivity contribution in [1.29, 1.82) is 0 Å². The smallest absolute Gasteiger partial charge is 0.350 e. The summed E-state index contributed by atoms with van der Waals surface area (Å²) in [7, 11) is 1.40. The maximum absolute atomic E-state index is 10.9. The predicted octanol–water partition coefficient (Wildman–Crippen LogP) is 2.24. The standard InChI is InChI=1S/C13H22N4O3/c1-13(2,3)15-7-5-10(6-8-15)16-9-11(17(18)19)12(14-16)20-4/h9-10H,5-8H2,1-4H3.